The van der Waals surface area contributed by atoms with E-state index in [4.69, 9.17) is 11.6 Å². The average molecular weight is 236 g/mol. The number of aromatic nitrogens is 1. The van der Waals surface area contributed by atoms with Crippen molar-refractivity contribution in [3.63, 3.8) is 0 Å². The summed E-state index contributed by atoms with van der Waals surface area (Å²) in [6.45, 7) is 3.49. The molecule has 0 radical (unpaired) electrons. The molecule has 0 aliphatic carbocycles. The summed E-state index contributed by atoms with van der Waals surface area (Å²) in [7, 11) is 0. The van der Waals surface area contributed by atoms with Crippen molar-refractivity contribution in [1.82, 2.24) is 4.98 Å². The van der Waals surface area contributed by atoms with Crippen LogP contribution in [-0.4, -0.2) is 4.98 Å². The molecule has 5 heteroatoms. The number of hydrogen-bond acceptors (Lipinski definition) is 1. The molecule has 0 saturated carbocycles. The van der Waals surface area contributed by atoms with Crippen LogP contribution in [-0.2, 0) is 12.6 Å². The van der Waals surface area contributed by atoms with Crippen LogP contribution in [0, 0.1) is 0 Å². The molecule has 0 spiro atoms. The summed E-state index contributed by atoms with van der Waals surface area (Å²) in [6, 6.07) is 1.83. The Morgan fingerprint density at radius 2 is 2.07 bits per heavy atom. The van der Waals surface area contributed by atoms with Crippen molar-refractivity contribution in [2.45, 2.75) is 19.0 Å². The maximum atomic E-state index is 12.4. The Morgan fingerprint density at radius 1 is 1.40 bits per heavy atom. The number of rotatable bonds is 3. The van der Waals surface area contributed by atoms with Gasteiger partial charge in [-0.1, -0.05) is 17.7 Å². The van der Waals surface area contributed by atoms with Crippen LogP contribution >= 0.6 is 11.6 Å². The predicted molar refractivity (Wildman–Crippen MR) is 52.8 cm³/mol. The molecule has 1 nitrogen and oxygen atoms in total. The number of alkyl halides is 3. The summed E-state index contributed by atoms with van der Waals surface area (Å²) >= 11 is 5.50. The lowest BCUT2D eigenvalue weighted by molar-refractivity contribution is -0.137. The first-order valence-electron chi connectivity index (χ1n) is 4.28. The number of halogens is 4. The summed E-state index contributed by atoms with van der Waals surface area (Å²) in [5, 5.41) is -0.135. The molecule has 0 aliphatic heterocycles. The van der Waals surface area contributed by atoms with Gasteiger partial charge in [-0.2, -0.15) is 13.2 Å². The molecule has 0 aliphatic rings. The van der Waals surface area contributed by atoms with Crippen molar-refractivity contribution < 1.29 is 13.2 Å². The molecule has 0 atom stereocenters. The van der Waals surface area contributed by atoms with E-state index in [1.807, 2.05) is 0 Å². The molecule has 0 unspecified atom stereocenters. The molecule has 0 saturated heterocycles. The van der Waals surface area contributed by atoms with Crippen LogP contribution in [0.1, 0.15) is 17.7 Å². The van der Waals surface area contributed by atoms with Crippen molar-refractivity contribution in [2.75, 3.05) is 0 Å². The molecular weight excluding hydrogens is 227 g/mol. The predicted octanol–water partition coefficient (Wildman–Crippen LogP) is 3.87. The largest absolute Gasteiger partial charge is 0.416 e. The second kappa shape index (κ2) is 4.66. The zero-order chi connectivity index (χ0) is 11.5. The highest BCUT2D eigenvalue weighted by atomic mass is 35.5. The fourth-order valence-corrected chi connectivity index (χ4v) is 1.32. The van der Waals surface area contributed by atoms with E-state index in [0.29, 0.717) is 18.5 Å². The van der Waals surface area contributed by atoms with Crippen molar-refractivity contribution in [3.05, 3.63) is 41.2 Å². The quantitative estimate of drug-likeness (QED) is 0.572. The van der Waals surface area contributed by atoms with Gasteiger partial charge in [0.15, 0.2) is 0 Å². The Bertz CT molecular complexity index is 360. The fraction of sp³-hybridized carbons (Fsp3) is 0.300. The van der Waals surface area contributed by atoms with Crippen molar-refractivity contribution in [2.24, 2.45) is 0 Å². The van der Waals surface area contributed by atoms with Gasteiger partial charge < -0.3 is 0 Å². The lowest BCUT2D eigenvalue weighted by atomic mass is 10.1. The monoisotopic (exact) mass is 235 g/mol. The minimum absolute atomic E-state index is 0.135. The lowest BCUT2D eigenvalue weighted by Gasteiger charge is -2.08. The minimum Gasteiger partial charge on any atom is -0.241 e. The van der Waals surface area contributed by atoms with E-state index < -0.39 is 11.7 Å². The summed E-state index contributed by atoms with van der Waals surface area (Å²) in [5.41, 5.74) is -0.434. The molecule has 1 rings (SSSR count). The zero-order valence-electron chi connectivity index (χ0n) is 7.81. The third kappa shape index (κ3) is 3.55. The Kier molecular flexibility index (Phi) is 3.74. The molecule has 1 aromatic heterocycles. The molecule has 1 aromatic rings. The van der Waals surface area contributed by atoms with Crippen LogP contribution in [0.5, 0.6) is 0 Å². The number of hydrogen-bond donors (Lipinski definition) is 0. The van der Waals surface area contributed by atoms with E-state index in [1.165, 1.54) is 0 Å². The lowest BCUT2D eigenvalue weighted by Crippen LogP contribution is -2.06. The molecule has 15 heavy (non-hydrogen) atoms. The molecule has 0 N–H and O–H groups in total. The second-order valence-electron chi connectivity index (χ2n) is 2.99. The highest BCUT2D eigenvalue weighted by Gasteiger charge is 2.31. The third-order valence-electron chi connectivity index (χ3n) is 1.78. The maximum Gasteiger partial charge on any atom is 0.416 e. The average Bonchev–Trinajstić information content (AvgIpc) is 2.12. The van der Waals surface area contributed by atoms with Gasteiger partial charge in [-0.25, -0.2) is 4.98 Å². The first-order chi connectivity index (χ1) is 6.93. The molecule has 0 amide bonds. The molecular formula is C10H9ClF3N. The van der Waals surface area contributed by atoms with Crippen LogP contribution in [0.4, 0.5) is 13.2 Å². The van der Waals surface area contributed by atoms with Crippen LogP contribution in [0.15, 0.2) is 24.8 Å². The Labute approximate surface area is 90.6 Å². The second-order valence-corrected chi connectivity index (χ2v) is 3.38. The van der Waals surface area contributed by atoms with E-state index in [-0.39, 0.29) is 5.15 Å². The topological polar surface area (TPSA) is 12.9 Å². The molecule has 1 heterocycles. The highest BCUT2D eigenvalue weighted by Crippen LogP contribution is 2.31. The minimum atomic E-state index is -4.38. The Hall–Kier alpha value is -1.03. The van der Waals surface area contributed by atoms with Crippen LogP contribution in [0.25, 0.3) is 0 Å². The molecule has 0 aromatic carbocycles. The Balaban J connectivity index is 3.00. The summed E-state index contributed by atoms with van der Waals surface area (Å²) in [6.07, 6.45) is -1.77. The first kappa shape index (κ1) is 12.0. The van der Waals surface area contributed by atoms with E-state index in [9.17, 15) is 13.2 Å². The summed E-state index contributed by atoms with van der Waals surface area (Å²) < 4.78 is 37.1. The molecule has 0 fully saturated rings. The van der Waals surface area contributed by atoms with Gasteiger partial charge in [-0.15, -0.1) is 6.58 Å². The van der Waals surface area contributed by atoms with Gasteiger partial charge in [0.1, 0.15) is 5.15 Å². The summed E-state index contributed by atoms with van der Waals surface area (Å²) in [5.74, 6) is 0. The van der Waals surface area contributed by atoms with Gasteiger partial charge in [0.25, 0.3) is 0 Å². The maximum absolute atomic E-state index is 12.4. The smallest absolute Gasteiger partial charge is 0.241 e. The van der Waals surface area contributed by atoms with E-state index in [1.54, 1.807) is 6.08 Å². The Morgan fingerprint density at radius 3 is 2.60 bits per heavy atom. The number of allylic oxidation sites excluding steroid dienone is 1. The molecule has 82 valence electrons. The fourth-order valence-electron chi connectivity index (χ4n) is 1.09. The van der Waals surface area contributed by atoms with Crippen LogP contribution < -0.4 is 0 Å². The number of aryl methyl sites for hydroxylation is 1. The van der Waals surface area contributed by atoms with E-state index in [0.717, 1.165) is 12.1 Å². The van der Waals surface area contributed by atoms with Gasteiger partial charge in [0, 0.05) is 5.69 Å². The first-order valence-corrected chi connectivity index (χ1v) is 4.66. The van der Waals surface area contributed by atoms with E-state index in [2.05, 4.69) is 11.6 Å². The third-order valence-corrected chi connectivity index (χ3v) is 1.97. The van der Waals surface area contributed by atoms with E-state index >= 15 is 0 Å². The van der Waals surface area contributed by atoms with Gasteiger partial charge in [-0.05, 0) is 25.0 Å². The van der Waals surface area contributed by atoms with Gasteiger partial charge in [-0.3, -0.25) is 0 Å². The van der Waals surface area contributed by atoms with Crippen LogP contribution in [0.3, 0.4) is 0 Å². The standard InChI is InChI=1S/C10H9ClF3N/c1-2-3-4-8-5-7(10(12,13)14)6-9(11)15-8/h2,5-6H,1,3-4H2. The molecule has 0 bridgehead atoms. The number of pyridine rings is 1. The van der Waals surface area contributed by atoms with Gasteiger partial charge in [0.2, 0.25) is 0 Å². The SMILES string of the molecule is C=CCCc1cc(C(F)(F)F)cc(Cl)n1. The van der Waals surface area contributed by atoms with Crippen molar-refractivity contribution in [1.29, 1.82) is 0 Å². The van der Waals surface area contributed by atoms with Crippen molar-refractivity contribution >= 4 is 11.6 Å². The summed E-state index contributed by atoms with van der Waals surface area (Å²) in [4.78, 5) is 3.80. The zero-order valence-corrected chi connectivity index (χ0v) is 8.57. The highest BCUT2D eigenvalue weighted by molar-refractivity contribution is 6.29. The van der Waals surface area contributed by atoms with Crippen LogP contribution in [0.2, 0.25) is 5.15 Å². The van der Waals surface area contributed by atoms with Gasteiger partial charge in [0.05, 0.1) is 5.56 Å². The van der Waals surface area contributed by atoms with Gasteiger partial charge >= 0.3 is 6.18 Å². The normalized spacial score (nSPS) is 11.5. The van der Waals surface area contributed by atoms with Crippen molar-refractivity contribution in [3.8, 4) is 0 Å². The number of nitrogens with zero attached hydrogens (tertiary/aromatic N) is 1.